The Balaban J connectivity index is 1.90. The molecule has 122 valence electrons. The smallest absolute Gasteiger partial charge is 0.281 e. The highest BCUT2D eigenvalue weighted by Crippen LogP contribution is 2.27. The summed E-state index contributed by atoms with van der Waals surface area (Å²) in [4.78, 5) is 15.3. The summed E-state index contributed by atoms with van der Waals surface area (Å²) in [6.45, 7) is 1.91. The Morgan fingerprint density at radius 2 is 1.92 bits per heavy atom. The third-order valence-electron chi connectivity index (χ3n) is 3.72. The quantitative estimate of drug-likeness (QED) is 0.482. The van der Waals surface area contributed by atoms with Gasteiger partial charge in [0.1, 0.15) is 5.70 Å². The number of amides is 1. The van der Waals surface area contributed by atoms with Crippen LogP contribution in [0, 0.1) is 6.92 Å². The minimum absolute atomic E-state index is 0.186. The average molecular weight is 375 g/mol. The molecule has 0 bridgehead atoms. The van der Waals surface area contributed by atoms with Crippen molar-refractivity contribution in [3.8, 4) is 0 Å². The molecule has 1 heterocycles. The monoisotopic (exact) mass is 374 g/mol. The van der Waals surface area contributed by atoms with E-state index in [1.807, 2.05) is 49.6 Å². The van der Waals surface area contributed by atoms with E-state index in [1.54, 1.807) is 23.9 Å². The number of thiocarbonyl (C=S) groups is 1. The minimum atomic E-state index is -0.186. The summed E-state index contributed by atoms with van der Waals surface area (Å²) >= 11 is 13.2. The molecule has 3 rings (SSSR count). The van der Waals surface area contributed by atoms with Crippen LogP contribution in [0.4, 0.5) is 5.69 Å². The predicted octanol–water partition coefficient (Wildman–Crippen LogP) is 4.63. The van der Waals surface area contributed by atoms with E-state index in [9.17, 15) is 4.79 Å². The van der Waals surface area contributed by atoms with Gasteiger partial charge in [-0.2, -0.15) is 0 Å². The highest BCUT2D eigenvalue weighted by atomic mass is 35.5. The van der Waals surface area contributed by atoms with Crippen LogP contribution in [0.3, 0.4) is 0 Å². The number of anilines is 1. The molecule has 1 saturated heterocycles. The molecule has 3 nitrogen and oxygen atoms in total. The number of aryl methyl sites for hydroxylation is 1. The normalized spacial score (nSPS) is 16.0. The van der Waals surface area contributed by atoms with Crippen LogP contribution in [0.5, 0.6) is 0 Å². The molecule has 6 heteroatoms. The lowest BCUT2D eigenvalue weighted by atomic mass is 10.2. The van der Waals surface area contributed by atoms with Crippen molar-refractivity contribution in [2.75, 3.05) is 11.2 Å². The first-order valence-corrected chi connectivity index (χ1v) is 9.28. The number of nitrogens with zero attached hydrogens (tertiary/aromatic N) is 1. The Morgan fingerprint density at radius 1 is 1.21 bits per heavy atom. The Morgan fingerprint density at radius 3 is 2.54 bits per heavy atom. The molecule has 2 aromatic rings. The molecule has 2 aromatic carbocycles. The maximum atomic E-state index is 12.7. The molecule has 1 amide bonds. The summed E-state index contributed by atoms with van der Waals surface area (Å²) in [7, 11) is 0. The van der Waals surface area contributed by atoms with Gasteiger partial charge in [-0.15, -0.1) is 11.8 Å². The lowest BCUT2D eigenvalue weighted by Gasteiger charge is -2.14. The van der Waals surface area contributed by atoms with Crippen molar-refractivity contribution in [2.24, 2.45) is 0 Å². The van der Waals surface area contributed by atoms with Gasteiger partial charge in [0.05, 0.1) is 5.69 Å². The highest BCUT2D eigenvalue weighted by Gasteiger charge is 2.32. The second-order valence-electron chi connectivity index (χ2n) is 5.34. The molecule has 0 radical (unpaired) electrons. The van der Waals surface area contributed by atoms with Crippen molar-refractivity contribution in [2.45, 2.75) is 11.8 Å². The van der Waals surface area contributed by atoms with Crippen molar-refractivity contribution < 1.29 is 4.79 Å². The van der Waals surface area contributed by atoms with Gasteiger partial charge >= 0.3 is 0 Å². The first-order chi connectivity index (χ1) is 11.5. The summed E-state index contributed by atoms with van der Waals surface area (Å²) in [5.41, 5.74) is 3.01. The van der Waals surface area contributed by atoms with Crippen LogP contribution in [0.1, 0.15) is 11.1 Å². The molecule has 0 unspecified atom stereocenters. The zero-order chi connectivity index (χ0) is 17.3. The lowest BCUT2D eigenvalue weighted by molar-refractivity contribution is -0.113. The summed E-state index contributed by atoms with van der Waals surface area (Å²) in [5.74, 6) is -0.186. The fraction of sp³-hybridized carbons (Fsp3) is 0.111. The number of carbonyl (C=O) groups is 1. The molecular formula is C18H15ClN2OS2. The van der Waals surface area contributed by atoms with Gasteiger partial charge in [-0.3, -0.25) is 9.69 Å². The Hall–Kier alpha value is -1.82. The molecule has 1 aliphatic heterocycles. The van der Waals surface area contributed by atoms with Crippen molar-refractivity contribution >= 4 is 58.4 Å². The van der Waals surface area contributed by atoms with E-state index in [0.717, 1.165) is 11.1 Å². The Bertz CT molecular complexity index is 847. The number of hydrogen-bond donors (Lipinski definition) is 1. The van der Waals surface area contributed by atoms with Crippen LogP contribution in [-0.4, -0.2) is 17.3 Å². The Kier molecular flexibility index (Phi) is 4.94. The third-order valence-corrected chi connectivity index (χ3v) is 5.15. The number of nitrogens with one attached hydrogen (secondary N) is 1. The van der Waals surface area contributed by atoms with E-state index in [2.05, 4.69) is 5.32 Å². The fourth-order valence-corrected chi connectivity index (χ4v) is 3.24. The predicted molar refractivity (Wildman–Crippen MR) is 106 cm³/mol. The molecule has 0 saturated carbocycles. The van der Waals surface area contributed by atoms with Gasteiger partial charge < -0.3 is 5.32 Å². The zero-order valence-corrected chi connectivity index (χ0v) is 15.6. The second-order valence-corrected chi connectivity index (χ2v) is 7.01. The average Bonchev–Trinajstić information content (AvgIpc) is 2.85. The van der Waals surface area contributed by atoms with Crippen molar-refractivity contribution in [3.63, 3.8) is 0 Å². The summed E-state index contributed by atoms with van der Waals surface area (Å²) in [6, 6.07) is 13.4. The molecule has 1 N–H and O–H groups in total. The molecule has 1 fully saturated rings. The van der Waals surface area contributed by atoms with Gasteiger partial charge in [0, 0.05) is 9.92 Å². The van der Waals surface area contributed by atoms with Crippen LogP contribution < -0.4 is 10.2 Å². The van der Waals surface area contributed by atoms with E-state index < -0.39 is 0 Å². The maximum absolute atomic E-state index is 12.7. The van der Waals surface area contributed by atoms with Gasteiger partial charge in [-0.25, -0.2) is 0 Å². The number of rotatable bonds is 3. The maximum Gasteiger partial charge on any atom is 0.281 e. The lowest BCUT2D eigenvalue weighted by Crippen LogP contribution is -2.30. The molecule has 0 aromatic heterocycles. The third kappa shape index (κ3) is 3.34. The van der Waals surface area contributed by atoms with Crippen LogP contribution in [0.15, 0.2) is 53.1 Å². The van der Waals surface area contributed by atoms with E-state index in [-0.39, 0.29) is 5.91 Å². The second kappa shape index (κ2) is 6.97. The number of hydrogen-bond acceptors (Lipinski definition) is 3. The first kappa shape index (κ1) is 17.0. The van der Waals surface area contributed by atoms with E-state index in [1.165, 1.54) is 9.80 Å². The molecule has 24 heavy (non-hydrogen) atoms. The van der Waals surface area contributed by atoms with Crippen molar-refractivity contribution in [1.82, 2.24) is 5.32 Å². The number of carbonyl (C=O) groups excluding carboxylic acids is 1. The van der Waals surface area contributed by atoms with Crippen LogP contribution in [0.2, 0.25) is 5.02 Å². The number of halogens is 1. The summed E-state index contributed by atoms with van der Waals surface area (Å²) in [5, 5.41) is 3.94. The van der Waals surface area contributed by atoms with Gasteiger partial charge in [0.15, 0.2) is 5.11 Å². The van der Waals surface area contributed by atoms with Gasteiger partial charge in [0.2, 0.25) is 0 Å². The van der Waals surface area contributed by atoms with Crippen LogP contribution in [0.25, 0.3) is 6.08 Å². The molecule has 0 spiro atoms. The number of benzene rings is 2. The standard InChI is InChI=1S/C18H15ClN2OS2/c1-11-3-6-13(10-15(11)19)21-17(22)16(20-18(21)23)9-12-4-7-14(24-2)8-5-12/h3-10H,1-2H3,(H,20,23)/b16-9-. The fourth-order valence-electron chi connectivity index (χ4n) is 2.36. The number of thioether (sulfide) groups is 1. The molecular weight excluding hydrogens is 360 g/mol. The largest absolute Gasteiger partial charge is 0.327 e. The molecule has 0 aliphatic carbocycles. The van der Waals surface area contributed by atoms with Crippen molar-refractivity contribution in [1.29, 1.82) is 0 Å². The SMILES string of the molecule is CSc1ccc(/C=C2\NC(=S)N(c3ccc(C)c(Cl)c3)C2=O)cc1. The van der Waals surface area contributed by atoms with Gasteiger partial charge in [-0.05, 0) is 66.9 Å². The first-order valence-electron chi connectivity index (χ1n) is 7.27. The summed E-state index contributed by atoms with van der Waals surface area (Å²) < 4.78 is 0. The minimum Gasteiger partial charge on any atom is -0.327 e. The van der Waals surface area contributed by atoms with Crippen LogP contribution in [-0.2, 0) is 4.79 Å². The molecule has 1 aliphatic rings. The Labute approximate surface area is 155 Å². The van der Waals surface area contributed by atoms with E-state index >= 15 is 0 Å². The highest BCUT2D eigenvalue weighted by molar-refractivity contribution is 7.98. The topological polar surface area (TPSA) is 32.3 Å². The van der Waals surface area contributed by atoms with Crippen molar-refractivity contribution in [3.05, 3.63) is 64.3 Å². The van der Waals surface area contributed by atoms with Gasteiger partial charge in [-0.1, -0.05) is 29.8 Å². The summed E-state index contributed by atoms with van der Waals surface area (Å²) in [6.07, 6.45) is 3.83. The van der Waals surface area contributed by atoms with E-state index in [4.69, 9.17) is 23.8 Å². The van der Waals surface area contributed by atoms with E-state index in [0.29, 0.717) is 21.5 Å². The molecule has 0 atom stereocenters. The van der Waals surface area contributed by atoms with Gasteiger partial charge in [0.25, 0.3) is 5.91 Å². The zero-order valence-electron chi connectivity index (χ0n) is 13.2. The van der Waals surface area contributed by atoms with Crippen LogP contribution >= 0.6 is 35.6 Å².